The topological polar surface area (TPSA) is 15.3 Å². The Morgan fingerprint density at radius 3 is 2.50 bits per heavy atom. The fourth-order valence-corrected chi connectivity index (χ4v) is 3.83. The summed E-state index contributed by atoms with van der Waals surface area (Å²) in [5.41, 5.74) is 1.50. The van der Waals surface area contributed by atoms with Crippen molar-refractivity contribution in [2.75, 3.05) is 19.6 Å². The molecule has 1 aromatic carbocycles. The lowest BCUT2D eigenvalue weighted by Gasteiger charge is -2.38. The minimum atomic E-state index is 0.629. The zero-order valence-electron chi connectivity index (χ0n) is 12.3. The number of nitrogens with zero attached hydrogens (tertiary/aromatic N) is 1. The largest absolute Gasteiger partial charge is 0.310 e. The third-order valence-corrected chi connectivity index (χ3v) is 5.26. The van der Waals surface area contributed by atoms with Crippen molar-refractivity contribution < 1.29 is 0 Å². The fourth-order valence-electron chi connectivity index (χ4n) is 3.57. The standard InChI is InChI=1S/C17H25BrN2/c1-13(12-20-8-2-3-9-20)19-17-10-15(11-17)14-4-6-16(18)7-5-14/h4-7,13,15,17,19H,2-3,8-12H2,1H3. The smallest absolute Gasteiger partial charge is 0.0175 e. The molecule has 1 N–H and O–H groups in total. The van der Waals surface area contributed by atoms with Gasteiger partial charge in [0, 0.05) is 23.1 Å². The van der Waals surface area contributed by atoms with E-state index in [-0.39, 0.29) is 0 Å². The number of benzene rings is 1. The van der Waals surface area contributed by atoms with Gasteiger partial charge in [-0.15, -0.1) is 0 Å². The highest BCUT2D eigenvalue weighted by molar-refractivity contribution is 9.10. The van der Waals surface area contributed by atoms with Gasteiger partial charge < -0.3 is 10.2 Å². The van der Waals surface area contributed by atoms with E-state index >= 15 is 0 Å². The summed E-state index contributed by atoms with van der Waals surface area (Å²) in [5, 5.41) is 3.80. The lowest BCUT2D eigenvalue weighted by molar-refractivity contribution is 0.232. The average molecular weight is 337 g/mol. The molecule has 1 saturated heterocycles. The maximum absolute atomic E-state index is 3.80. The molecule has 1 aromatic rings. The van der Waals surface area contributed by atoms with E-state index in [0.29, 0.717) is 6.04 Å². The summed E-state index contributed by atoms with van der Waals surface area (Å²) in [7, 11) is 0. The van der Waals surface area contributed by atoms with E-state index in [4.69, 9.17) is 0 Å². The quantitative estimate of drug-likeness (QED) is 0.880. The van der Waals surface area contributed by atoms with Gasteiger partial charge in [0.2, 0.25) is 0 Å². The lowest BCUT2D eigenvalue weighted by atomic mass is 9.75. The Morgan fingerprint density at radius 2 is 1.85 bits per heavy atom. The summed E-state index contributed by atoms with van der Waals surface area (Å²) >= 11 is 3.50. The summed E-state index contributed by atoms with van der Waals surface area (Å²) < 4.78 is 1.18. The van der Waals surface area contributed by atoms with Crippen LogP contribution in [0.3, 0.4) is 0 Å². The first kappa shape index (κ1) is 14.6. The van der Waals surface area contributed by atoms with Crippen molar-refractivity contribution in [1.29, 1.82) is 0 Å². The van der Waals surface area contributed by atoms with Crippen LogP contribution in [-0.4, -0.2) is 36.6 Å². The van der Waals surface area contributed by atoms with E-state index in [2.05, 4.69) is 57.3 Å². The predicted octanol–water partition coefficient (Wildman–Crippen LogP) is 3.77. The molecule has 0 spiro atoms. The van der Waals surface area contributed by atoms with Gasteiger partial charge in [0.15, 0.2) is 0 Å². The highest BCUT2D eigenvalue weighted by atomic mass is 79.9. The van der Waals surface area contributed by atoms with Crippen LogP contribution < -0.4 is 5.32 Å². The first-order valence-electron chi connectivity index (χ1n) is 7.94. The summed E-state index contributed by atoms with van der Waals surface area (Å²) in [6, 6.07) is 10.2. The second kappa shape index (κ2) is 6.59. The summed E-state index contributed by atoms with van der Waals surface area (Å²) in [5.74, 6) is 0.764. The summed E-state index contributed by atoms with van der Waals surface area (Å²) in [6.07, 6.45) is 5.38. The van der Waals surface area contributed by atoms with Crippen LogP contribution in [0.4, 0.5) is 0 Å². The Kier molecular flexibility index (Phi) is 4.79. The molecule has 0 radical (unpaired) electrons. The van der Waals surface area contributed by atoms with Crippen LogP contribution in [0, 0.1) is 0 Å². The molecule has 1 aliphatic heterocycles. The monoisotopic (exact) mass is 336 g/mol. The SMILES string of the molecule is CC(CN1CCCC1)NC1CC(c2ccc(Br)cc2)C1. The Balaban J connectivity index is 1.40. The van der Waals surface area contributed by atoms with Crippen LogP contribution in [0.2, 0.25) is 0 Å². The minimum absolute atomic E-state index is 0.629. The van der Waals surface area contributed by atoms with Crippen molar-refractivity contribution in [2.24, 2.45) is 0 Å². The van der Waals surface area contributed by atoms with Crippen molar-refractivity contribution in [1.82, 2.24) is 10.2 Å². The van der Waals surface area contributed by atoms with Crippen LogP contribution in [0.1, 0.15) is 44.1 Å². The number of rotatable bonds is 5. The molecular formula is C17H25BrN2. The Bertz CT molecular complexity index is 419. The molecule has 1 atom stereocenters. The Labute approximate surface area is 131 Å². The molecule has 3 rings (SSSR count). The van der Waals surface area contributed by atoms with E-state index < -0.39 is 0 Å². The number of hydrogen-bond donors (Lipinski definition) is 1. The van der Waals surface area contributed by atoms with Gasteiger partial charge in [0.1, 0.15) is 0 Å². The van der Waals surface area contributed by atoms with E-state index in [9.17, 15) is 0 Å². The van der Waals surface area contributed by atoms with E-state index in [1.165, 1.54) is 55.4 Å². The average Bonchev–Trinajstić information content (AvgIpc) is 2.87. The van der Waals surface area contributed by atoms with E-state index in [1.54, 1.807) is 0 Å². The van der Waals surface area contributed by atoms with Crippen molar-refractivity contribution in [3.8, 4) is 0 Å². The third kappa shape index (κ3) is 3.63. The molecule has 0 bridgehead atoms. The van der Waals surface area contributed by atoms with Gasteiger partial charge in [0.25, 0.3) is 0 Å². The first-order valence-corrected chi connectivity index (χ1v) is 8.74. The Morgan fingerprint density at radius 1 is 1.20 bits per heavy atom. The molecule has 1 aliphatic carbocycles. The second-order valence-electron chi connectivity index (χ2n) is 6.49. The molecule has 3 heteroatoms. The lowest BCUT2D eigenvalue weighted by Crippen LogP contribution is -2.48. The number of hydrogen-bond acceptors (Lipinski definition) is 2. The predicted molar refractivity (Wildman–Crippen MR) is 88.2 cm³/mol. The second-order valence-corrected chi connectivity index (χ2v) is 7.41. The van der Waals surface area contributed by atoms with Crippen molar-refractivity contribution >= 4 is 15.9 Å². The normalized spacial score (nSPS) is 28.3. The van der Waals surface area contributed by atoms with Crippen molar-refractivity contribution in [2.45, 2.75) is 50.6 Å². The summed E-state index contributed by atoms with van der Waals surface area (Å²) in [6.45, 7) is 6.17. The molecule has 110 valence electrons. The van der Waals surface area contributed by atoms with Gasteiger partial charge in [-0.05, 0) is 69.3 Å². The molecule has 1 saturated carbocycles. The molecule has 2 fully saturated rings. The van der Waals surface area contributed by atoms with Crippen LogP contribution in [-0.2, 0) is 0 Å². The molecule has 1 heterocycles. The summed E-state index contributed by atoms with van der Waals surface area (Å²) in [4.78, 5) is 2.60. The van der Waals surface area contributed by atoms with Gasteiger partial charge in [-0.2, -0.15) is 0 Å². The van der Waals surface area contributed by atoms with Gasteiger partial charge in [-0.1, -0.05) is 28.1 Å². The van der Waals surface area contributed by atoms with Gasteiger partial charge >= 0.3 is 0 Å². The molecule has 2 nitrogen and oxygen atoms in total. The van der Waals surface area contributed by atoms with Crippen LogP contribution in [0.15, 0.2) is 28.7 Å². The number of nitrogens with one attached hydrogen (secondary N) is 1. The minimum Gasteiger partial charge on any atom is -0.310 e. The van der Waals surface area contributed by atoms with Crippen molar-refractivity contribution in [3.63, 3.8) is 0 Å². The van der Waals surface area contributed by atoms with Crippen LogP contribution in [0.5, 0.6) is 0 Å². The maximum Gasteiger partial charge on any atom is 0.0175 e. The Hall–Kier alpha value is -0.380. The molecule has 0 aromatic heterocycles. The number of likely N-dealkylation sites (tertiary alicyclic amines) is 1. The van der Waals surface area contributed by atoms with Gasteiger partial charge in [0.05, 0.1) is 0 Å². The van der Waals surface area contributed by atoms with E-state index in [0.717, 1.165) is 12.0 Å². The molecule has 2 aliphatic rings. The van der Waals surface area contributed by atoms with Crippen LogP contribution >= 0.6 is 15.9 Å². The van der Waals surface area contributed by atoms with E-state index in [1.807, 2.05) is 0 Å². The number of halogens is 1. The van der Waals surface area contributed by atoms with Crippen LogP contribution in [0.25, 0.3) is 0 Å². The zero-order chi connectivity index (χ0) is 13.9. The highest BCUT2D eigenvalue weighted by Crippen LogP contribution is 2.37. The fraction of sp³-hybridized carbons (Fsp3) is 0.647. The maximum atomic E-state index is 3.80. The van der Waals surface area contributed by atoms with Gasteiger partial charge in [-0.3, -0.25) is 0 Å². The first-order chi connectivity index (χ1) is 9.70. The molecular weight excluding hydrogens is 312 g/mol. The molecule has 20 heavy (non-hydrogen) atoms. The molecule has 0 amide bonds. The molecule has 1 unspecified atom stereocenters. The third-order valence-electron chi connectivity index (χ3n) is 4.73. The van der Waals surface area contributed by atoms with Crippen molar-refractivity contribution in [3.05, 3.63) is 34.3 Å². The zero-order valence-corrected chi connectivity index (χ0v) is 13.9. The highest BCUT2D eigenvalue weighted by Gasteiger charge is 2.31. The van der Waals surface area contributed by atoms with Gasteiger partial charge in [-0.25, -0.2) is 0 Å².